The van der Waals surface area contributed by atoms with Crippen LogP contribution in [0, 0.1) is 35.5 Å². The minimum atomic E-state index is -2.05. The zero-order valence-electron chi connectivity index (χ0n) is 15.4. The normalized spacial score (nSPS) is 45.3. The molecule has 0 radical (unpaired) electrons. The highest BCUT2D eigenvalue weighted by atomic mass is 28.4. The Morgan fingerprint density at radius 3 is 2.04 bits per heavy atom. The third-order valence-electron chi connectivity index (χ3n) is 8.05. The van der Waals surface area contributed by atoms with Crippen LogP contribution in [-0.2, 0) is 8.85 Å². The molecule has 0 heterocycles. The van der Waals surface area contributed by atoms with Crippen LogP contribution in [0.3, 0.4) is 0 Å². The van der Waals surface area contributed by atoms with Crippen LogP contribution in [0.15, 0.2) is 0 Å². The van der Waals surface area contributed by atoms with Gasteiger partial charge < -0.3 is 8.85 Å². The molecule has 7 atom stereocenters. The average Bonchev–Trinajstić information content (AvgIpc) is 3.33. The van der Waals surface area contributed by atoms with Crippen molar-refractivity contribution in [3.8, 4) is 0 Å². The molecule has 0 aliphatic heterocycles. The van der Waals surface area contributed by atoms with Gasteiger partial charge in [-0.3, -0.25) is 0 Å². The van der Waals surface area contributed by atoms with E-state index in [2.05, 4.69) is 20.8 Å². The molecule has 0 aromatic carbocycles. The van der Waals surface area contributed by atoms with Crippen LogP contribution in [-0.4, -0.2) is 21.8 Å². The molecule has 7 unspecified atom stereocenters. The third-order valence-corrected chi connectivity index (χ3v) is 12.5. The highest BCUT2D eigenvalue weighted by Gasteiger charge is 2.62. The van der Waals surface area contributed by atoms with Gasteiger partial charge in [-0.05, 0) is 93.9 Å². The van der Waals surface area contributed by atoms with Crippen LogP contribution >= 0.6 is 0 Å². The van der Waals surface area contributed by atoms with Crippen molar-refractivity contribution in [3.05, 3.63) is 0 Å². The van der Waals surface area contributed by atoms with Crippen molar-refractivity contribution in [1.82, 2.24) is 0 Å². The van der Waals surface area contributed by atoms with E-state index in [9.17, 15) is 0 Å². The van der Waals surface area contributed by atoms with Crippen LogP contribution in [0.4, 0.5) is 0 Å². The molecule has 3 heteroatoms. The van der Waals surface area contributed by atoms with E-state index in [1.54, 1.807) is 12.8 Å². The van der Waals surface area contributed by atoms with Gasteiger partial charge in [-0.2, -0.15) is 0 Å². The van der Waals surface area contributed by atoms with Gasteiger partial charge >= 0.3 is 8.56 Å². The summed E-state index contributed by atoms with van der Waals surface area (Å²) in [7, 11) is -2.05. The molecule has 0 aromatic heterocycles. The second-order valence-corrected chi connectivity index (χ2v) is 12.4. The molecule has 0 amide bonds. The average molecular weight is 337 g/mol. The molecule has 23 heavy (non-hydrogen) atoms. The van der Waals surface area contributed by atoms with Crippen molar-refractivity contribution in [2.45, 2.75) is 77.3 Å². The largest absolute Gasteiger partial charge is 0.394 e. The van der Waals surface area contributed by atoms with Gasteiger partial charge in [-0.25, -0.2) is 0 Å². The molecule has 4 aliphatic rings. The summed E-state index contributed by atoms with van der Waals surface area (Å²) in [6.45, 7) is 8.39. The molecular weight excluding hydrogens is 300 g/mol. The van der Waals surface area contributed by atoms with E-state index in [0.717, 1.165) is 60.3 Å². The van der Waals surface area contributed by atoms with E-state index in [1.165, 1.54) is 32.1 Å². The van der Waals surface area contributed by atoms with Crippen LogP contribution < -0.4 is 0 Å². The Kier molecular flexibility index (Phi) is 4.66. The van der Waals surface area contributed by atoms with Crippen LogP contribution in [0.25, 0.3) is 0 Å². The molecule has 4 aliphatic carbocycles. The zero-order chi connectivity index (χ0) is 16.0. The van der Waals surface area contributed by atoms with Crippen molar-refractivity contribution in [1.29, 1.82) is 0 Å². The number of rotatable bonds is 7. The van der Waals surface area contributed by atoms with E-state index in [4.69, 9.17) is 8.85 Å². The highest BCUT2D eigenvalue weighted by molar-refractivity contribution is 6.69. The molecule has 4 saturated carbocycles. The summed E-state index contributed by atoms with van der Waals surface area (Å²) < 4.78 is 13.1. The lowest BCUT2D eigenvalue weighted by Crippen LogP contribution is -2.52. The molecule has 0 saturated heterocycles. The maximum absolute atomic E-state index is 6.54. The molecule has 4 fully saturated rings. The van der Waals surface area contributed by atoms with Crippen molar-refractivity contribution < 1.29 is 8.85 Å². The van der Waals surface area contributed by atoms with E-state index in [-0.39, 0.29) is 0 Å². The van der Waals surface area contributed by atoms with Gasteiger partial charge in [0.25, 0.3) is 0 Å². The first-order valence-electron chi connectivity index (χ1n) is 10.5. The summed E-state index contributed by atoms with van der Waals surface area (Å²) in [5, 5.41) is 0. The predicted molar refractivity (Wildman–Crippen MR) is 96.5 cm³/mol. The summed E-state index contributed by atoms with van der Waals surface area (Å²) in [6.07, 6.45) is 10.6. The highest BCUT2D eigenvalue weighted by Crippen LogP contribution is 2.66. The Labute approximate surface area is 144 Å². The van der Waals surface area contributed by atoms with Crippen molar-refractivity contribution in [2.24, 2.45) is 35.5 Å². The monoisotopic (exact) mass is 336 g/mol. The van der Waals surface area contributed by atoms with E-state index in [1.807, 2.05) is 0 Å². The van der Waals surface area contributed by atoms with Crippen LogP contribution in [0.2, 0.25) is 11.6 Å². The van der Waals surface area contributed by atoms with Gasteiger partial charge in [0, 0.05) is 18.8 Å². The minimum Gasteiger partial charge on any atom is -0.394 e. The lowest BCUT2D eigenvalue weighted by molar-refractivity contribution is 0.110. The molecule has 0 aromatic rings. The Balaban J connectivity index is 1.63. The van der Waals surface area contributed by atoms with E-state index >= 15 is 0 Å². The second kappa shape index (κ2) is 6.46. The summed E-state index contributed by atoms with van der Waals surface area (Å²) in [5.41, 5.74) is 0.801. The first-order valence-corrected chi connectivity index (χ1v) is 12.6. The Morgan fingerprint density at radius 1 is 0.783 bits per heavy atom. The SMILES string of the molecule is CCO[Si](CC)(OCC)C1C2CCC(C2)C1C1CC2CCC1C2. The lowest BCUT2D eigenvalue weighted by atomic mass is 9.72. The molecular formula is C20H36O2Si. The van der Waals surface area contributed by atoms with Gasteiger partial charge in [0.15, 0.2) is 0 Å². The predicted octanol–water partition coefficient (Wildman–Crippen LogP) is 5.37. The molecule has 0 N–H and O–H groups in total. The third kappa shape index (κ3) is 2.57. The van der Waals surface area contributed by atoms with E-state index in [0.29, 0.717) is 0 Å². The van der Waals surface area contributed by atoms with Crippen LogP contribution in [0.1, 0.15) is 65.7 Å². The van der Waals surface area contributed by atoms with Gasteiger partial charge in [-0.1, -0.05) is 13.3 Å². The first kappa shape index (κ1) is 16.6. The van der Waals surface area contributed by atoms with Crippen molar-refractivity contribution in [3.63, 3.8) is 0 Å². The van der Waals surface area contributed by atoms with Gasteiger partial charge in [0.1, 0.15) is 0 Å². The second-order valence-electron chi connectivity index (χ2n) is 8.81. The Morgan fingerprint density at radius 2 is 1.48 bits per heavy atom. The quantitative estimate of drug-likeness (QED) is 0.582. The maximum Gasteiger partial charge on any atom is 0.341 e. The molecule has 0 spiro atoms. The summed E-state index contributed by atoms with van der Waals surface area (Å²) in [5.74, 6) is 6.03. The maximum atomic E-state index is 6.54. The first-order chi connectivity index (χ1) is 11.2. The lowest BCUT2D eigenvalue weighted by Gasteiger charge is -2.46. The Bertz CT molecular complexity index is 420. The molecule has 132 valence electrons. The zero-order valence-corrected chi connectivity index (χ0v) is 16.4. The summed E-state index contributed by atoms with van der Waals surface area (Å²) in [4.78, 5) is 0. The fourth-order valence-corrected chi connectivity index (χ4v) is 12.0. The fourth-order valence-electron chi connectivity index (χ4n) is 7.53. The smallest absolute Gasteiger partial charge is 0.341 e. The molecule has 4 rings (SSSR count). The standard InChI is InChI=1S/C20H36O2Si/c1-4-21-23(6-3,22-5-2)20-17-10-9-16(13-17)19(20)18-12-14-7-8-15(18)11-14/h14-20H,4-13H2,1-3H3. The van der Waals surface area contributed by atoms with Gasteiger partial charge in [-0.15, -0.1) is 0 Å². The van der Waals surface area contributed by atoms with Gasteiger partial charge in [0.2, 0.25) is 0 Å². The van der Waals surface area contributed by atoms with Crippen LogP contribution in [0.5, 0.6) is 0 Å². The fraction of sp³-hybridized carbons (Fsp3) is 1.00. The van der Waals surface area contributed by atoms with Gasteiger partial charge in [0.05, 0.1) is 0 Å². The molecule has 2 nitrogen and oxygen atoms in total. The number of hydrogen-bond donors (Lipinski definition) is 0. The summed E-state index contributed by atoms with van der Waals surface area (Å²) >= 11 is 0. The molecule has 4 bridgehead atoms. The topological polar surface area (TPSA) is 18.5 Å². The van der Waals surface area contributed by atoms with Crippen molar-refractivity contribution in [2.75, 3.05) is 13.2 Å². The number of hydrogen-bond acceptors (Lipinski definition) is 2. The Hall–Kier alpha value is 0.137. The minimum absolute atomic E-state index is 0.801. The summed E-state index contributed by atoms with van der Waals surface area (Å²) in [6, 6.07) is 1.15. The van der Waals surface area contributed by atoms with E-state index < -0.39 is 8.56 Å². The van der Waals surface area contributed by atoms with Crippen molar-refractivity contribution >= 4 is 8.56 Å². The number of fused-ring (bicyclic) bond motifs is 4.